The molecule has 7 heteroatoms. The van der Waals surface area contributed by atoms with Gasteiger partial charge in [0, 0.05) is 17.3 Å². The number of carbonyl (C=O) groups excluding carboxylic acids is 2. The summed E-state index contributed by atoms with van der Waals surface area (Å²) >= 11 is 5.92. The minimum absolute atomic E-state index is 0.187. The first kappa shape index (κ1) is 19.5. The molecule has 0 aliphatic heterocycles. The van der Waals surface area contributed by atoms with Crippen LogP contribution in [0.1, 0.15) is 22.8 Å². The molecule has 28 heavy (non-hydrogen) atoms. The van der Waals surface area contributed by atoms with E-state index < -0.39 is 11.9 Å². The molecule has 1 amide bonds. The number of aromatic nitrogens is 1. The molecule has 0 spiro atoms. The van der Waals surface area contributed by atoms with Crippen molar-refractivity contribution in [2.24, 2.45) is 0 Å². The lowest BCUT2D eigenvalue weighted by molar-refractivity contribution is -0.122. The Morgan fingerprint density at radius 3 is 2.25 bits per heavy atom. The Labute approximate surface area is 166 Å². The van der Waals surface area contributed by atoms with Gasteiger partial charge in [-0.3, -0.25) is 9.59 Å². The van der Waals surface area contributed by atoms with Gasteiger partial charge in [0.05, 0.1) is 5.69 Å². The molecule has 0 bridgehead atoms. The summed E-state index contributed by atoms with van der Waals surface area (Å²) in [6.45, 7) is 1.59. The van der Waals surface area contributed by atoms with Crippen LogP contribution in [0, 0.1) is 5.82 Å². The summed E-state index contributed by atoms with van der Waals surface area (Å²) in [5.41, 5.74) is 1.21. The second-order valence-electron chi connectivity index (χ2n) is 5.95. The van der Waals surface area contributed by atoms with Gasteiger partial charge in [-0.2, -0.15) is 0 Å². The van der Waals surface area contributed by atoms with Crippen LogP contribution in [0.3, 0.4) is 0 Å². The highest BCUT2D eigenvalue weighted by molar-refractivity contribution is 6.32. The molecular weight excluding hydrogens is 383 g/mol. The van der Waals surface area contributed by atoms with Crippen LogP contribution < -0.4 is 10.1 Å². The predicted octanol–water partition coefficient (Wildman–Crippen LogP) is 4.51. The summed E-state index contributed by atoms with van der Waals surface area (Å²) in [7, 11) is 0. The van der Waals surface area contributed by atoms with E-state index >= 15 is 0 Å². The average Bonchev–Trinajstić information content (AvgIpc) is 2.70. The molecule has 0 saturated heterocycles. The maximum Gasteiger partial charge on any atom is 0.265 e. The molecule has 1 aromatic heterocycles. The standard InChI is InChI=1S/C21H16ClFN2O3/c1-13(21(27)25-18-3-2-12-24-20(18)22)28-17-10-6-15(7-11-17)19(26)14-4-8-16(23)9-5-14/h2-13H,1H3,(H,25,27). The molecule has 5 nitrogen and oxygen atoms in total. The summed E-state index contributed by atoms with van der Waals surface area (Å²) in [6, 6.07) is 15.0. The first-order chi connectivity index (χ1) is 13.4. The highest BCUT2D eigenvalue weighted by atomic mass is 35.5. The number of ether oxygens (including phenoxy) is 1. The Hall–Kier alpha value is -3.25. The van der Waals surface area contributed by atoms with Crippen molar-refractivity contribution in [3.8, 4) is 5.75 Å². The van der Waals surface area contributed by atoms with Crippen molar-refractivity contribution < 1.29 is 18.7 Å². The quantitative estimate of drug-likeness (QED) is 0.490. The highest BCUT2D eigenvalue weighted by Gasteiger charge is 2.17. The first-order valence-corrected chi connectivity index (χ1v) is 8.80. The number of rotatable bonds is 6. The highest BCUT2D eigenvalue weighted by Crippen LogP contribution is 2.20. The van der Waals surface area contributed by atoms with E-state index in [4.69, 9.17) is 16.3 Å². The van der Waals surface area contributed by atoms with Crippen LogP contribution in [0.4, 0.5) is 10.1 Å². The van der Waals surface area contributed by atoms with E-state index in [0.717, 1.165) is 0 Å². The first-order valence-electron chi connectivity index (χ1n) is 8.42. The van der Waals surface area contributed by atoms with Crippen LogP contribution in [0.25, 0.3) is 0 Å². The average molecular weight is 399 g/mol. The number of hydrogen-bond acceptors (Lipinski definition) is 4. The molecule has 3 aromatic rings. The monoisotopic (exact) mass is 398 g/mol. The molecule has 2 aromatic carbocycles. The molecule has 1 N–H and O–H groups in total. The predicted molar refractivity (Wildman–Crippen MR) is 104 cm³/mol. The van der Waals surface area contributed by atoms with E-state index in [-0.39, 0.29) is 16.8 Å². The number of pyridine rings is 1. The van der Waals surface area contributed by atoms with Gasteiger partial charge in [0.2, 0.25) is 0 Å². The lowest BCUT2D eigenvalue weighted by atomic mass is 10.0. The largest absolute Gasteiger partial charge is 0.481 e. The zero-order chi connectivity index (χ0) is 20.1. The maximum absolute atomic E-state index is 13.0. The van der Waals surface area contributed by atoms with Gasteiger partial charge in [-0.1, -0.05) is 11.6 Å². The van der Waals surface area contributed by atoms with Crippen LogP contribution in [0.15, 0.2) is 66.9 Å². The molecule has 0 aliphatic carbocycles. The van der Waals surface area contributed by atoms with Gasteiger partial charge in [0.1, 0.15) is 11.6 Å². The van der Waals surface area contributed by atoms with Gasteiger partial charge in [-0.05, 0) is 67.6 Å². The molecule has 0 radical (unpaired) electrons. The third-order valence-electron chi connectivity index (χ3n) is 3.92. The molecule has 142 valence electrons. The van der Waals surface area contributed by atoms with Gasteiger partial charge in [0.15, 0.2) is 17.0 Å². The van der Waals surface area contributed by atoms with Crippen molar-refractivity contribution in [1.82, 2.24) is 4.98 Å². The van der Waals surface area contributed by atoms with Crippen molar-refractivity contribution in [1.29, 1.82) is 0 Å². The zero-order valence-corrected chi connectivity index (χ0v) is 15.6. The Kier molecular flexibility index (Phi) is 6.01. The number of anilines is 1. The van der Waals surface area contributed by atoms with Crippen molar-refractivity contribution >= 4 is 29.0 Å². The van der Waals surface area contributed by atoms with E-state index in [2.05, 4.69) is 10.3 Å². The van der Waals surface area contributed by atoms with Crippen LogP contribution >= 0.6 is 11.6 Å². The van der Waals surface area contributed by atoms with E-state index in [0.29, 0.717) is 22.6 Å². The Balaban J connectivity index is 1.63. The molecule has 0 saturated carbocycles. The molecule has 1 unspecified atom stereocenters. The van der Waals surface area contributed by atoms with Gasteiger partial charge >= 0.3 is 0 Å². The molecule has 1 heterocycles. The van der Waals surface area contributed by atoms with Crippen LogP contribution in [-0.2, 0) is 4.79 Å². The number of hydrogen-bond donors (Lipinski definition) is 1. The number of amides is 1. The van der Waals surface area contributed by atoms with Gasteiger partial charge < -0.3 is 10.1 Å². The minimum atomic E-state index is -0.796. The minimum Gasteiger partial charge on any atom is -0.481 e. The van der Waals surface area contributed by atoms with E-state index in [1.165, 1.54) is 30.5 Å². The third kappa shape index (κ3) is 4.72. The fourth-order valence-corrected chi connectivity index (χ4v) is 2.59. The molecule has 0 aliphatic rings. The summed E-state index contributed by atoms with van der Waals surface area (Å²) < 4.78 is 18.6. The lowest BCUT2D eigenvalue weighted by Gasteiger charge is -2.15. The number of benzene rings is 2. The summed E-state index contributed by atoms with van der Waals surface area (Å²) in [6.07, 6.45) is 0.724. The van der Waals surface area contributed by atoms with Gasteiger partial charge in [-0.15, -0.1) is 0 Å². The smallest absolute Gasteiger partial charge is 0.265 e. The lowest BCUT2D eigenvalue weighted by Crippen LogP contribution is -2.30. The number of nitrogens with zero attached hydrogens (tertiary/aromatic N) is 1. The summed E-state index contributed by atoms with van der Waals surface area (Å²) in [5, 5.41) is 2.83. The molecule has 1 atom stereocenters. The number of carbonyl (C=O) groups is 2. The molecule has 3 rings (SSSR count). The Morgan fingerprint density at radius 1 is 1.04 bits per heavy atom. The van der Waals surface area contributed by atoms with Crippen molar-refractivity contribution in [3.63, 3.8) is 0 Å². The zero-order valence-electron chi connectivity index (χ0n) is 14.9. The van der Waals surface area contributed by atoms with E-state index in [9.17, 15) is 14.0 Å². The van der Waals surface area contributed by atoms with Gasteiger partial charge in [0.25, 0.3) is 5.91 Å². The van der Waals surface area contributed by atoms with Crippen molar-refractivity contribution in [2.75, 3.05) is 5.32 Å². The molecular formula is C21H16ClFN2O3. The van der Waals surface area contributed by atoms with Gasteiger partial charge in [-0.25, -0.2) is 9.37 Å². The van der Waals surface area contributed by atoms with Crippen LogP contribution in [0.5, 0.6) is 5.75 Å². The Bertz CT molecular complexity index is 991. The van der Waals surface area contributed by atoms with E-state index in [1.54, 1.807) is 43.3 Å². The second kappa shape index (κ2) is 8.63. The number of halogens is 2. The fourth-order valence-electron chi connectivity index (χ4n) is 2.42. The van der Waals surface area contributed by atoms with Crippen LogP contribution in [0.2, 0.25) is 5.15 Å². The normalized spacial score (nSPS) is 11.5. The van der Waals surface area contributed by atoms with Crippen molar-refractivity contribution in [2.45, 2.75) is 13.0 Å². The summed E-state index contributed by atoms with van der Waals surface area (Å²) in [5.74, 6) is -0.597. The molecule has 0 fully saturated rings. The van der Waals surface area contributed by atoms with Crippen LogP contribution in [-0.4, -0.2) is 22.8 Å². The maximum atomic E-state index is 13.0. The third-order valence-corrected chi connectivity index (χ3v) is 4.22. The van der Waals surface area contributed by atoms with E-state index in [1.807, 2.05) is 0 Å². The number of ketones is 1. The Morgan fingerprint density at radius 2 is 1.64 bits per heavy atom. The SMILES string of the molecule is CC(Oc1ccc(C(=O)c2ccc(F)cc2)cc1)C(=O)Nc1cccnc1Cl. The fraction of sp³-hybridized carbons (Fsp3) is 0.0952. The summed E-state index contributed by atoms with van der Waals surface area (Å²) in [4.78, 5) is 28.5. The van der Waals surface area contributed by atoms with Crippen molar-refractivity contribution in [3.05, 3.63) is 89.0 Å². The second-order valence-corrected chi connectivity index (χ2v) is 6.31. The number of nitrogens with one attached hydrogen (secondary N) is 1. The topological polar surface area (TPSA) is 68.3 Å².